The predicted octanol–water partition coefficient (Wildman–Crippen LogP) is 10.1. The van der Waals surface area contributed by atoms with E-state index in [0.717, 1.165) is 56.3 Å². The molecule has 3 heteroatoms. The van der Waals surface area contributed by atoms with Gasteiger partial charge < -0.3 is 4.74 Å². The highest BCUT2D eigenvalue weighted by Gasteiger charge is 2.20. The Morgan fingerprint density at radius 2 is 1.00 bits per heavy atom. The van der Waals surface area contributed by atoms with Crippen LogP contribution in [0.25, 0.3) is 66.9 Å². The van der Waals surface area contributed by atoms with E-state index in [2.05, 4.69) is 97.1 Å². The average Bonchev–Trinajstić information content (AvgIpc) is 3.06. The molecule has 0 aliphatic carbocycles. The first-order valence-electron chi connectivity index (χ1n) is 13.7. The zero-order chi connectivity index (χ0) is 27.2. The third-order valence-corrected chi connectivity index (χ3v) is 7.70. The van der Waals surface area contributed by atoms with Crippen LogP contribution in [0.4, 0.5) is 0 Å². The average molecular weight is 525 g/mol. The molecule has 0 saturated carbocycles. The maximum atomic E-state index is 6.30. The van der Waals surface area contributed by atoms with Gasteiger partial charge in [0, 0.05) is 27.6 Å². The lowest BCUT2D eigenvalue weighted by Crippen LogP contribution is -1.97. The van der Waals surface area contributed by atoms with E-state index in [1.54, 1.807) is 0 Å². The molecular weight excluding hydrogens is 500 g/mol. The van der Waals surface area contributed by atoms with Crippen LogP contribution in [-0.4, -0.2) is 9.97 Å². The minimum absolute atomic E-state index is 0.707. The first-order chi connectivity index (χ1) is 20.3. The maximum Gasteiger partial charge on any atom is 0.160 e. The van der Waals surface area contributed by atoms with Crippen LogP contribution in [0.2, 0.25) is 0 Å². The molecule has 192 valence electrons. The fraction of sp³-hybridized carbons (Fsp3) is 0. The van der Waals surface area contributed by atoms with Crippen LogP contribution in [-0.2, 0) is 0 Å². The Morgan fingerprint density at radius 3 is 1.68 bits per heavy atom. The van der Waals surface area contributed by atoms with Crippen molar-refractivity contribution in [1.82, 2.24) is 9.97 Å². The summed E-state index contributed by atoms with van der Waals surface area (Å²) < 4.78 is 6.30. The molecule has 0 bridgehead atoms. The Kier molecular flexibility index (Phi) is 5.46. The van der Waals surface area contributed by atoms with Crippen molar-refractivity contribution in [2.45, 2.75) is 0 Å². The van der Waals surface area contributed by atoms with Crippen LogP contribution in [0.3, 0.4) is 0 Å². The van der Waals surface area contributed by atoms with Crippen LogP contribution < -0.4 is 4.74 Å². The van der Waals surface area contributed by atoms with Crippen LogP contribution in [0.15, 0.2) is 146 Å². The molecule has 3 nitrogen and oxygen atoms in total. The monoisotopic (exact) mass is 524 g/mol. The quantitative estimate of drug-likeness (QED) is 0.230. The van der Waals surface area contributed by atoms with E-state index in [1.807, 2.05) is 48.5 Å². The van der Waals surface area contributed by atoms with Gasteiger partial charge >= 0.3 is 0 Å². The van der Waals surface area contributed by atoms with Gasteiger partial charge in [0.15, 0.2) is 5.82 Å². The van der Waals surface area contributed by atoms with Crippen LogP contribution in [0, 0.1) is 0 Å². The highest BCUT2D eigenvalue weighted by molar-refractivity contribution is 6.04. The number of hydrogen-bond donors (Lipinski definition) is 0. The molecule has 1 aromatic heterocycles. The molecule has 6 aromatic carbocycles. The molecule has 0 N–H and O–H groups in total. The second-order valence-corrected chi connectivity index (χ2v) is 10.2. The first-order valence-corrected chi connectivity index (χ1v) is 13.7. The van der Waals surface area contributed by atoms with E-state index in [0.29, 0.717) is 5.82 Å². The molecule has 0 spiro atoms. The van der Waals surface area contributed by atoms with Gasteiger partial charge in [-0.3, -0.25) is 0 Å². The van der Waals surface area contributed by atoms with Crippen LogP contribution >= 0.6 is 0 Å². The minimum Gasteiger partial charge on any atom is -0.456 e. The molecule has 0 atom stereocenters. The van der Waals surface area contributed by atoms with Crippen molar-refractivity contribution in [3.05, 3.63) is 146 Å². The molecule has 0 radical (unpaired) electrons. The summed E-state index contributed by atoms with van der Waals surface area (Å²) in [4.78, 5) is 9.95. The Morgan fingerprint density at radius 1 is 0.390 bits per heavy atom. The SMILES string of the molecule is c1ccc(-c2cc(-c3ccccc3)nc(-c3ccc(-c4ccc5c(c4)-c4cccc6cccc(c46)O5)cc3)n2)cc1. The Labute approximate surface area is 238 Å². The zero-order valence-corrected chi connectivity index (χ0v) is 22.2. The molecule has 7 aromatic rings. The van der Waals surface area contributed by atoms with Gasteiger partial charge in [0.1, 0.15) is 11.5 Å². The van der Waals surface area contributed by atoms with E-state index in [-0.39, 0.29) is 0 Å². The van der Waals surface area contributed by atoms with Gasteiger partial charge in [-0.1, -0.05) is 121 Å². The molecule has 0 fully saturated rings. The molecule has 0 unspecified atom stereocenters. The molecule has 2 heterocycles. The van der Waals surface area contributed by atoms with Gasteiger partial charge in [-0.05, 0) is 46.3 Å². The molecule has 1 aliphatic heterocycles. The van der Waals surface area contributed by atoms with E-state index in [1.165, 1.54) is 16.3 Å². The van der Waals surface area contributed by atoms with Gasteiger partial charge in [0.2, 0.25) is 0 Å². The number of ether oxygens (including phenoxy) is 1. The second-order valence-electron chi connectivity index (χ2n) is 10.2. The van der Waals surface area contributed by atoms with Gasteiger partial charge in [0.25, 0.3) is 0 Å². The normalized spacial score (nSPS) is 11.6. The van der Waals surface area contributed by atoms with Crippen molar-refractivity contribution in [2.75, 3.05) is 0 Å². The molecule has 41 heavy (non-hydrogen) atoms. The van der Waals surface area contributed by atoms with Crippen molar-refractivity contribution < 1.29 is 4.74 Å². The summed E-state index contributed by atoms with van der Waals surface area (Å²) in [6.07, 6.45) is 0. The fourth-order valence-electron chi connectivity index (χ4n) is 5.65. The standard InChI is InChI=1S/C38H24N2O/c1-3-9-26(10-4-1)33-24-34(27-11-5-2-6-12-27)40-38(39-33)29-19-17-25(18-20-29)30-21-22-35-32(23-30)31-15-7-13-28-14-8-16-36(41-35)37(28)31/h1-24H. The molecule has 0 amide bonds. The first kappa shape index (κ1) is 23.4. The Hall–Kier alpha value is -5.54. The summed E-state index contributed by atoms with van der Waals surface area (Å²) in [5.74, 6) is 2.50. The van der Waals surface area contributed by atoms with Crippen molar-refractivity contribution in [2.24, 2.45) is 0 Å². The van der Waals surface area contributed by atoms with Crippen molar-refractivity contribution in [3.63, 3.8) is 0 Å². The third kappa shape index (κ3) is 4.16. The summed E-state index contributed by atoms with van der Waals surface area (Å²) in [5.41, 5.74) is 9.51. The van der Waals surface area contributed by atoms with Gasteiger partial charge in [-0.15, -0.1) is 0 Å². The largest absolute Gasteiger partial charge is 0.456 e. The van der Waals surface area contributed by atoms with Crippen LogP contribution in [0.5, 0.6) is 11.5 Å². The lowest BCUT2D eigenvalue weighted by molar-refractivity contribution is 0.487. The lowest BCUT2D eigenvalue weighted by Gasteiger charge is -2.22. The Balaban J connectivity index is 1.19. The number of fused-ring (bicyclic) bond motifs is 2. The van der Waals surface area contributed by atoms with Gasteiger partial charge in [-0.2, -0.15) is 0 Å². The second kappa shape index (κ2) is 9.58. The van der Waals surface area contributed by atoms with E-state index >= 15 is 0 Å². The lowest BCUT2D eigenvalue weighted by atomic mass is 9.92. The van der Waals surface area contributed by atoms with E-state index < -0.39 is 0 Å². The van der Waals surface area contributed by atoms with E-state index in [4.69, 9.17) is 14.7 Å². The summed E-state index contributed by atoms with van der Waals surface area (Å²) >= 11 is 0. The summed E-state index contributed by atoms with van der Waals surface area (Å²) in [7, 11) is 0. The fourth-order valence-corrected chi connectivity index (χ4v) is 5.65. The van der Waals surface area contributed by atoms with Crippen molar-refractivity contribution in [3.8, 4) is 67.7 Å². The van der Waals surface area contributed by atoms with Crippen LogP contribution in [0.1, 0.15) is 0 Å². The maximum absolute atomic E-state index is 6.30. The third-order valence-electron chi connectivity index (χ3n) is 7.70. The Bertz CT molecular complexity index is 1990. The van der Waals surface area contributed by atoms with Gasteiger partial charge in [-0.25, -0.2) is 9.97 Å². The van der Waals surface area contributed by atoms with Crippen molar-refractivity contribution in [1.29, 1.82) is 0 Å². The minimum atomic E-state index is 0.707. The number of rotatable bonds is 4. The summed E-state index contributed by atoms with van der Waals surface area (Å²) in [5, 5.41) is 2.35. The molecular formula is C38H24N2O. The highest BCUT2D eigenvalue weighted by Crippen LogP contribution is 2.47. The highest BCUT2D eigenvalue weighted by atomic mass is 16.5. The predicted molar refractivity (Wildman–Crippen MR) is 167 cm³/mol. The number of aromatic nitrogens is 2. The number of nitrogens with zero attached hydrogens (tertiary/aromatic N) is 2. The molecule has 8 rings (SSSR count). The van der Waals surface area contributed by atoms with Gasteiger partial charge in [0.05, 0.1) is 11.4 Å². The topological polar surface area (TPSA) is 35.0 Å². The smallest absolute Gasteiger partial charge is 0.160 e. The molecule has 0 saturated heterocycles. The summed E-state index contributed by atoms with van der Waals surface area (Å²) in [6.45, 7) is 0. The van der Waals surface area contributed by atoms with E-state index in [9.17, 15) is 0 Å². The molecule has 1 aliphatic rings. The summed E-state index contributed by atoms with van der Waals surface area (Å²) in [6, 6.07) is 50.2. The number of hydrogen-bond acceptors (Lipinski definition) is 3. The zero-order valence-electron chi connectivity index (χ0n) is 22.2. The van der Waals surface area contributed by atoms with Crippen molar-refractivity contribution >= 4 is 10.8 Å². The number of benzene rings is 6.